The standard InChI is InChI=1S/C14H14F3NO/c1-2-11(18)13-7-6-12(19-13)9-4-3-5-10(8-9)14(15,16)17/h4,7-8,11-12H,2,6,18H2,1H3. The smallest absolute Gasteiger partial charge is 0.424 e. The summed E-state index contributed by atoms with van der Waals surface area (Å²) in [5.41, 5.74) is 5.44. The first kappa shape index (κ1) is 13.8. The SMILES string of the molecule is CCC(N)C1=CCC(c2cc#cc(C(F)(F)F)c2)O1. The third kappa shape index (κ3) is 3.02. The van der Waals surface area contributed by atoms with Crippen LogP contribution in [0.25, 0.3) is 0 Å². The molecule has 1 aliphatic heterocycles. The highest BCUT2D eigenvalue weighted by atomic mass is 19.4. The molecule has 0 amide bonds. The van der Waals surface area contributed by atoms with Gasteiger partial charge in [-0.05, 0) is 24.6 Å². The molecule has 2 nitrogen and oxygen atoms in total. The van der Waals surface area contributed by atoms with Crippen molar-refractivity contribution in [1.82, 2.24) is 0 Å². The molecule has 2 N–H and O–H groups in total. The van der Waals surface area contributed by atoms with Gasteiger partial charge in [-0.15, -0.1) is 0 Å². The van der Waals surface area contributed by atoms with E-state index >= 15 is 0 Å². The molecule has 2 rings (SSSR count). The van der Waals surface area contributed by atoms with Crippen molar-refractivity contribution in [2.45, 2.75) is 38.1 Å². The van der Waals surface area contributed by atoms with Crippen LogP contribution in [0.1, 0.15) is 37.0 Å². The second-order valence-electron chi connectivity index (χ2n) is 4.43. The highest BCUT2D eigenvalue weighted by Crippen LogP contribution is 2.35. The van der Waals surface area contributed by atoms with Crippen molar-refractivity contribution < 1.29 is 17.9 Å². The van der Waals surface area contributed by atoms with E-state index in [-0.39, 0.29) is 6.04 Å². The van der Waals surface area contributed by atoms with Gasteiger partial charge in [-0.1, -0.05) is 19.1 Å². The molecule has 1 aromatic rings. The van der Waals surface area contributed by atoms with Gasteiger partial charge in [0.2, 0.25) is 0 Å². The number of hydrogen-bond donors (Lipinski definition) is 1. The van der Waals surface area contributed by atoms with Crippen LogP contribution in [-0.2, 0) is 10.9 Å². The third-order valence-corrected chi connectivity index (χ3v) is 3.05. The van der Waals surface area contributed by atoms with Gasteiger partial charge >= 0.3 is 6.18 Å². The molecule has 0 spiro atoms. The second-order valence-corrected chi connectivity index (χ2v) is 4.43. The van der Waals surface area contributed by atoms with E-state index in [0.717, 1.165) is 12.5 Å². The summed E-state index contributed by atoms with van der Waals surface area (Å²) >= 11 is 0. The minimum atomic E-state index is -4.42. The van der Waals surface area contributed by atoms with Crippen LogP contribution in [0, 0.1) is 12.1 Å². The first-order valence-electron chi connectivity index (χ1n) is 6.04. The average molecular weight is 269 g/mol. The van der Waals surface area contributed by atoms with Crippen molar-refractivity contribution in [3.05, 3.63) is 47.2 Å². The zero-order valence-electron chi connectivity index (χ0n) is 10.4. The molecule has 0 radical (unpaired) electrons. The van der Waals surface area contributed by atoms with Crippen LogP contribution in [0.5, 0.6) is 0 Å². The van der Waals surface area contributed by atoms with Gasteiger partial charge in [-0.2, -0.15) is 13.2 Å². The van der Waals surface area contributed by atoms with E-state index in [1.807, 2.05) is 13.0 Å². The minimum Gasteiger partial charge on any atom is -0.488 e. The van der Waals surface area contributed by atoms with E-state index in [2.05, 4.69) is 12.1 Å². The van der Waals surface area contributed by atoms with Gasteiger partial charge in [-0.3, -0.25) is 0 Å². The molecule has 0 bridgehead atoms. The van der Waals surface area contributed by atoms with Gasteiger partial charge in [-0.25, -0.2) is 0 Å². The molecule has 1 aliphatic rings. The predicted octanol–water partition coefficient (Wildman–Crippen LogP) is 3.39. The fourth-order valence-electron chi connectivity index (χ4n) is 1.91. The summed E-state index contributed by atoms with van der Waals surface area (Å²) in [6.45, 7) is 1.93. The van der Waals surface area contributed by atoms with Crippen LogP contribution >= 0.6 is 0 Å². The predicted molar refractivity (Wildman–Crippen MR) is 63.9 cm³/mol. The van der Waals surface area contributed by atoms with Crippen LogP contribution in [-0.4, -0.2) is 6.04 Å². The van der Waals surface area contributed by atoms with Crippen molar-refractivity contribution in [2.75, 3.05) is 0 Å². The Morgan fingerprint density at radius 1 is 1.53 bits per heavy atom. The number of nitrogens with two attached hydrogens (primary N) is 1. The Morgan fingerprint density at radius 2 is 2.26 bits per heavy atom. The van der Waals surface area contributed by atoms with Gasteiger partial charge in [0.15, 0.2) is 0 Å². The molecule has 0 saturated heterocycles. The molecule has 2 atom stereocenters. The lowest BCUT2D eigenvalue weighted by Crippen LogP contribution is -2.22. The number of hydrogen-bond acceptors (Lipinski definition) is 2. The van der Waals surface area contributed by atoms with Crippen molar-refractivity contribution in [1.29, 1.82) is 0 Å². The third-order valence-electron chi connectivity index (χ3n) is 3.05. The van der Waals surface area contributed by atoms with E-state index in [1.165, 1.54) is 6.07 Å². The largest absolute Gasteiger partial charge is 0.488 e. The monoisotopic (exact) mass is 269 g/mol. The number of halogens is 3. The normalized spacial score (nSPS) is 20.5. The topological polar surface area (TPSA) is 35.2 Å². The van der Waals surface area contributed by atoms with Gasteiger partial charge in [0, 0.05) is 12.0 Å². The molecular formula is C14H14F3NO. The van der Waals surface area contributed by atoms with E-state index < -0.39 is 17.8 Å². The van der Waals surface area contributed by atoms with Crippen molar-refractivity contribution in [3.63, 3.8) is 0 Å². The quantitative estimate of drug-likeness (QED) is 0.912. The summed E-state index contributed by atoms with van der Waals surface area (Å²) < 4.78 is 43.4. The van der Waals surface area contributed by atoms with E-state index in [4.69, 9.17) is 10.5 Å². The molecule has 0 saturated carbocycles. The van der Waals surface area contributed by atoms with Crippen molar-refractivity contribution in [3.8, 4) is 0 Å². The minimum absolute atomic E-state index is 0.202. The molecule has 0 aromatic heterocycles. The Morgan fingerprint density at radius 3 is 2.89 bits per heavy atom. The number of rotatable bonds is 3. The molecule has 102 valence electrons. The molecular weight excluding hydrogens is 255 g/mol. The van der Waals surface area contributed by atoms with Crippen LogP contribution in [0.4, 0.5) is 13.2 Å². The van der Waals surface area contributed by atoms with Crippen LogP contribution in [0.3, 0.4) is 0 Å². The fraction of sp³-hybridized carbons (Fsp3) is 0.429. The lowest BCUT2D eigenvalue weighted by molar-refractivity contribution is -0.137. The Kier molecular flexibility index (Phi) is 3.72. The second kappa shape index (κ2) is 5.14. The van der Waals surface area contributed by atoms with Crippen LogP contribution in [0.15, 0.2) is 24.0 Å². The molecule has 1 aromatic carbocycles. The Hall–Kier alpha value is -1.67. The Labute approximate surface area is 110 Å². The lowest BCUT2D eigenvalue weighted by atomic mass is 10.1. The van der Waals surface area contributed by atoms with E-state index in [9.17, 15) is 13.2 Å². The van der Waals surface area contributed by atoms with Crippen molar-refractivity contribution >= 4 is 0 Å². The lowest BCUT2D eigenvalue weighted by Gasteiger charge is -2.17. The highest BCUT2D eigenvalue weighted by Gasteiger charge is 2.32. The maximum absolute atomic E-state index is 12.6. The molecule has 0 fully saturated rings. The van der Waals surface area contributed by atoms with Gasteiger partial charge in [0.05, 0.1) is 6.04 Å². The summed E-state index contributed by atoms with van der Waals surface area (Å²) in [4.78, 5) is 0. The highest BCUT2D eigenvalue weighted by molar-refractivity contribution is 5.25. The van der Waals surface area contributed by atoms with Gasteiger partial charge in [0.25, 0.3) is 0 Å². The maximum Gasteiger partial charge on any atom is 0.424 e. The number of ether oxygens (including phenoxy) is 1. The van der Waals surface area contributed by atoms with Gasteiger partial charge in [0.1, 0.15) is 17.4 Å². The summed E-state index contributed by atoms with van der Waals surface area (Å²) in [5, 5.41) is 0. The van der Waals surface area contributed by atoms with Gasteiger partial charge < -0.3 is 10.5 Å². The van der Waals surface area contributed by atoms with E-state index in [0.29, 0.717) is 17.7 Å². The summed E-state index contributed by atoms with van der Waals surface area (Å²) in [6, 6.07) is 6.78. The first-order chi connectivity index (χ1) is 8.91. The summed E-state index contributed by atoms with van der Waals surface area (Å²) in [5.74, 6) is 0.647. The van der Waals surface area contributed by atoms with Crippen molar-refractivity contribution in [2.24, 2.45) is 5.73 Å². The molecule has 19 heavy (non-hydrogen) atoms. The molecule has 5 heteroatoms. The maximum atomic E-state index is 12.6. The Balaban J connectivity index is 2.13. The zero-order chi connectivity index (χ0) is 14.0. The fourth-order valence-corrected chi connectivity index (χ4v) is 1.91. The first-order valence-corrected chi connectivity index (χ1v) is 6.04. The Bertz CT molecular complexity index is 482. The number of alkyl halides is 3. The molecule has 1 heterocycles. The molecule has 2 unspecified atom stereocenters. The molecule has 0 aliphatic carbocycles. The zero-order valence-corrected chi connectivity index (χ0v) is 10.4. The average Bonchev–Trinajstić information content (AvgIpc) is 2.86. The van der Waals surface area contributed by atoms with E-state index in [1.54, 1.807) is 0 Å². The van der Waals surface area contributed by atoms with Crippen LogP contribution in [0.2, 0.25) is 0 Å². The summed E-state index contributed by atoms with van der Waals surface area (Å²) in [7, 11) is 0. The summed E-state index contributed by atoms with van der Waals surface area (Å²) in [6.07, 6.45) is -1.75. The van der Waals surface area contributed by atoms with Crippen LogP contribution < -0.4 is 5.73 Å².